The SMILES string of the molecule is COc1ccc(-c2csc(NC(=O)C3CC(=O)N(c4ccccc4Cl)C3)n2)cc1F. The van der Waals surface area contributed by atoms with Gasteiger partial charge in [0.2, 0.25) is 11.8 Å². The molecule has 3 aromatic rings. The van der Waals surface area contributed by atoms with E-state index in [0.717, 1.165) is 0 Å². The van der Waals surface area contributed by atoms with Crippen molar-refractivity contribution in [2.75, 3.05) is 23.9 Å². The number of nitrogens with one attached hydrogen (secondary N) is 1. The number of halogens is 2. The minimum atomic E-state index is -0.514. The van der Waals surface area contributed by atoms with E-state index in [4.69, 9.17) is 16.3 Å². The van der Waals surface area contributed by atoms with Crippen molar-refractivity contribution >= 4 is 45.6 Å². The molecule has 0 aliphatic carbocycles. The number of rotatable bonds is 5. The number of benzene rings is 2. The highest BCUT2D eigenvalue weighted by Gasteiger charge is 2.36. The topological polar surface area (TPSA) is 71.5 Å². The van der Waals surface area contributed by atoms with Gasteiger partial charge in [-0.1, -0.05) is 23.7 Å². The number of hydrogen-bond donors (Lipinski definition) is 1. The molecule has 6 nitrogen and oxygen atoms in total. The van der Waals surface area contributed by atoms with E-state index in [9.17, 15) is 14.0 Å². The molecule has 1 fully saturated rings. The molecular formula is C21H17ClFN3O3S. The van der Waals surface area contributed by atoms with Crippen LogP contribution in [0, 0.1) is 11.7 Å². The fourth-order valence-electron chi connectivity index (χ4n) is 3.28. The van der Waals surface area contributed by atoms with Crippen molar-refractivity contribution in [3.8, 4) is 17.0 Å². The van der Waals surface area contributed by atoms with Crippen LogP contribution in [0.15, 0.2) is 47.8 Å². The zero-order valence-electron chi connectivity index (χ0n) is 15.9. The van der Waals surface area contributed by atoms with Crippen molar-refractivity contribution in [1.82, 2.24) is 4.98 Å². The zero-order chi connectivity index (χ0) is 21.3. The van der Waals surface area contributed by atoms with Gasteiger partial charge in [0.15, 0.2) is 16.7 Å². The van der Waals surface area contributed by atoms with Gasteiger partial charge in [0.1, 0.15) is 0 Å². The van der Waals surface area contributed by atoms with Crippen LogP contribution in [0.3, 0.4) is 0 Å². The molecule has 1 atom stereocenters. The Balaban J connectivity index is 1.44. The van der Waals surface area contributed by atoms with Gasteiger partial charge in [0.05, 0.1) is 29.4 Å². The van der Waals surface area contributed by atoms with Gasteiger partial charge in [0.25, 0.3) is 0 Å². The largest absolute Gasteiger partial charge is 0.494 e. The van der Waals surface area contributed by atoms with E-state index < -0.39 is 11.7 Å². The van der Waals surface area contributed by atoms with Gasteiger partial charge in [-0.25, -0.2) is 9.37 Å². The lowest BCUT2D eigenvalue weighted by Gasteiger charge is -2.17. The molecule has 154 valence electrons. The van der Waals surface area contributed by atoms with Crippen molar-refractivity contribution in [3.63, 3.8) is 0 Å². The molecule has 0 spiro atoms. The Morgan fingerprint density at radius 2 is 2.13 bits per heavy atom. The molecule has 2 heterocycles. The first-order chi connectivity index (χ1) is 14.5. The summed E-state index contributed by atoms with van der Waals surface area (Å²) in [7, 11) is 1.40. The molecule has 0 bridgehead atoms. The van der Waals surface area contributed by atoms with Crippen molar-refractivity contribution in [2.45, 2.75) is 6.42 Å². The molecule has 4 rings (SSSR count). The monoisotopic (exact) mass is 445 g/mol. The Morgan fingerprint density at radius 3 is 2.87 bits per heavy atom. The summed E-state index contributed by atoms with van der Waals surface area (Å²) in [5.74, 6) is -1.30. The second kappa shape index (κ2) is 8.41. The lowest BCUT2D eigenvalue weighted by atomic mass is 10.1. The number of para-hydroxylation sites is 1. The second-order valence-electron chi connectivity index (χ2n) is 6.73. The fraction of sp³-hybridized carbons (Fsp3) is 0.190. The summed E-state index contributed by atoms with van der Waals surface area (Å²) < 4.78 is 18.9. The molecular weight excluding hydrogens is 429 g/mol. The minimum Gasteiger partial charge on any atom is -0.494 e. The molecule has 0 radical (unpaired) electrons. The van der Waals surface area contributed by atoms with E-state index in [1.807, 2.05) is 0 Å². The van der Waals surface area contributed by atoms with Crippen LogP contribution in [0.25, 0.3) is 11.3 Å². The molecule has 2 amide bonds. The first-order valence-corrected chi connectivity index (χ1v) is 10.4. The zero-order valence-corrected chi connectivity index (χ0v) is 17.5. The van der Waals surface area contributed by atoms with Gasteiger partial charge in [-0.05, 0) is 30.3 Å². The maximum atomic E-state index is 13.9. The first-order valence-electron chi connectivity index (χ1n) is 9.11. The fourth-order valence-corrected chi connectivity index (χ4v) is 4.24. The number of thiazole rings is 1. The minimum absolute atomic E-state index is 0.0962. The van der Waals surface area contributed by atoms with Gasteiger partial charge >= 0.3 is 0 Å². The van der Waals surface area contributed by atoms with E-state index in [1.165, 1.54) is 35.5 Å². The van der Waals surface area contributed by atoms with Crippen LogP contribution < -0.4 is 15.0 Å². The molecule has 1 unspecified atom stereocenters. The number of carbonyl (C=O) groups is 2. The van der Waals surface area contributed by atoms with E-state index in [1.54, 1.807) is 35.7 Å². The van der Waals surface area contributed by atoms with Crippen LogP contribution in [0.1, 0.15) is 6.42 Å². The maximum absolute atomic E-state index is 13.9. The van der Waals surface area contributed by atoms with Gasteiger partial charge in [0, 0.05) is 23.9 Å². The molecule has 1 aromatic heterocycles. The van der Waals surface area contributed by atoms with Crippen LogP contribution >= 0.6 is 22.9 Å². The van der Waals surface area contributed by atoms with Gasteiger partial charge in [-0.3, -0.25) is 9.59 Å². The van der Waals surface area contributed by atoms with Crippen molar-refractivity contribution < 1.29 is 18.7 Å². The maximum Gasteiger partial charge on any atom is 0.231 e. The van der Waals surface area contributed by atoms with Crippen molar-refractivity contribution in [3.05, 3.63) is 58.7 Å². The Morgan fingerprint density at radius 1 is 1.33 bits per heavy atom. The number of amides is 2. The van der Waals surface area contributed by atoms with E-state index in [0.29, 0.717) is 27.1 Å². The van der Waals surface area contributed by atoms with Crippen LogP contribution in [0.2, 0.25) is 5.02 Å². The molecule has 1 N–H and O–H groups in total. The number of hydrogen-bond acceptors (Lipinski definition) is 5. The van der Waals surface area contributed by atoms with E-state index in [-0.39, 0.29) is 30.5 Å². The second-order valence-corrected chi connectivity index (χ2v) is 8.00. The average molecular weight is 446 g/mol. The third kappa shape index (κ3) is 4.01. The third-order valence-corrected chi connectivity index (χ3v) is 5.90. The highest BCUT2D eigenvalue weighted by molar-refractivity contribution is 7.14. The average Bonchev–Trinajstić information content (AvgIpc) is 3.35. The lowest BCUT2D eigenvalue weighted by molar-refractivity contribution is -0.122. The highest BCUT2D eigenvalue weighted by atomic mass is 35.5. The number of nitrogens with zero attached hydrogens (tertiary/aromatic N) is 2. The van der Waals surface area contributed by atoms with Crippen LogP contribution in [-0.4, -0.2) is 30.5 Å². The normalized spacial score (nSPS) is 16.0. The Hall–Kier alpha value is -2.97. The van der Waals surface area contributed by atoms with Gasteiger partial charge < -0.3 is 15.0 Å². The third-order valence-electron chi connectivity index (χ3n) is 4.82. The molecule has 30 heavy (non-hydrogen) atoms. The molecule has 1 saturated heterocycles. The summed E-state index contributed by atoms with van der Waals surface area (Å²) in [5, 5.41) is 5.33. The number of anilines is 2. The number of aromatic nitrogens is 1. The smallest absolute Gasteiger partial charge is 0.231 e. The highest BCUT2D eigenvalue weighted by Crippen LogP contribution is 2.32. The predicted molar refractivity (Wildman–Crippen MR) is 115 cm³/mol. The van der Waals surface area contributed by atoms with Crippen LogP contribution in [0.5, 0.6) is 5.75 Å². The number of methoxy groups -OCH3 is 1. The standard InChI is InChI=1S/C21H17ClFN3O3S/c1-29-18-7-6-12(8-15(18)23)16-11-30-21(24-16)25-20(28)13-9-19(27)26(10-13)17-5-3-2-4-14(17)22/h2-8,11,13H,9-10H2,1H3,(H,24,25,28). The van der Waals surface area contributed by atoms with E-state index >= 15 is 0 Å². The molecule has 2 aromatic carbocycles. The Bertz CT molecular complexity index is 1120. The number of ether oxygens (including phenoxy) is 1. The molecule has 1 aliphatic heterocycles. The van der Waals surface area contributed by atoms with E-state index in [2.05, 4.69) is 10.3 Å². The molecule has 1 aliphatic rings. The van der Waals surface area contributed by atoms with Gasteiger partial charge in [-0.15, -0.1) is 11.3 Å². The summed E-state index contributed by atoms with van der Waals surface area (Å²) in [6.45, 7) is 0.246. The first kappa shape index (κ1) is 20.3. The quantitative estimate of drug-likeness (QED) is 0.622. The summed E-state index contributed by atoms with van der Waals surface area (Å²) in [6, 6.07) is 11.6. The molecule has 0 saturated carbocycles. The van der Waals surface area contributed by atoms with Crippen molar-refractivity contribution in [1.29, 1.82) is 0 Å². The Kier molecular flexibility index (Phi) is 5.69. The van der Waals surface area contributed by atoms with Crippen LogP contribution in [-0.2, 0) is 9.59 Å². The summed E-state index contributed by atoms with van der Waals surface area (Å²) in [5.41, 5.74) is 1.71. The summed E-state index contributed by atoms with van der Waals surface area (Å²) in [4.78, 5) is 31.0. The summed E-state index contributed by atoms with van der Waals surface area (Å²) >= 11 is 7.41. The van der Waals surface area contributed by atoms with Crippen molar-refractivity contribution in [2.24, 2.45) is 5.92 Å². The van der Waals surface area contributed by atoms with Crippen LogP contribution in [0.4, 0.5) is 15.2 Å². The number of carbonyl (C=O) groups excluding carboxylic acids is 2. The molecule has 9 heteroatoms. The summed E-state index contributed by atoms with van der Waals surface area (Å²) in [6.07, 6.45) is 0.0962. The lowest BCUT2D eigenvalue weighted by Crippen LogP contribution is -2.28. The van der Waals surface area contributed by atoms with Gasteiger partial charge in [-0.2, -0.15) is 0 Å². The predicted octanol–water partition coefficient (Wildman–Crippen LogP) is 4.60. The Labute approximate surface area is 181 Å².